The highest BCUT2D eigenvalue weighted by Gasteiger charge is 2.30. The number of rotatable bonds is 4. The van der Waals surface area contributed by atoms with Gasteiger partial charge in [0, 0.05) is 50.4 Å². The first-order valence-electron chi connectivity index (χ1n) is 20.3. The lowest BCUT2D eigenvalue weighted by molar-refractivity contribution is -0.0260. The maximum atomic E-state index is 12.8. The Hall–Kier alpha value is -4.61. The predicted molar refractivity (Wildman–Crippen MR) is 259 cm³/mol. The number of pyridine rings is 3. The Morgan fingerprint density at radius 3 is 1.65 bits per heavy atom. The third-order valence-corrected chi connectivity index (χ3v) is 11.4. The fourth-order valence-electron chi connectivity index (χ4n) is 6.70. The quantitative estimate of drug-likeness (QED) is 0.105. The fourth-order valence-corrected chi connectivity index (χ4v) is 8.05. The van der Waals surface area contributed by atoms with E-state index in [-0.39, 0.29) is 48.7 Å². The number of hydrogen-bond acceptors (Lipinski definition) is 13. The van der Waals surface area contributed by atoms with Crippen molar-refractivity contribution in [3.8, 4) is 0 Å². The molecule has 2 saturated heterocycles. The number of nitrogens with zero attached hydrogens (tertiary/aromatic N) is 5. The summed E-state index contributed by atoms with van der Waals surface area (Å²) in [5.41, 5.74) is 2.36. The van der Waals surface area contributed by atoms with Gasteiger partial charge in [0.2, 0.25) is 0 Å². The Labute approximate surface area is 409 Å². The molecule has 2 aliphatic rings. The zero-order valence-electron chi connectivity index (χ0n) is 36.2. The molecule has 5 N–H and O–H groups in total. The van der Waals surface area contributed by atoms with Gasteiger partial charge in [-0.05, 0) is 95.2 Å². The molecular weight excluding hydrogens is 1030 g/mol. The number of aromatic amines is 1. The van der Waals surface area contributed by atoms with E-state index in [1.165, 1.54) is 27.6 Å². The molecule has 4 atom stereocenters. The standard InChI is InChI=1S/C18H22ClN3O5.C13H14ClN3O3.C12H12ClIN2O2.CH4/c1-18(2,3)27-17(25)22-8-10(14-15(22)11(19)4-6-20-14)16(24)21-12-5-7-26-9-13(12)23;14-8-1-3-15-11-7(5-16-12(8)11)13(19)17-9-2-4-20-6-10(9)18;1-12(2,3)18-11(17)16-6-8(14)9-10(16)7(13)4-5-15-9;/h4,6,8,12-13,23H,5,7,9H2,1-3H3,(H,21,24);1,3,5,9-10,16,18H,2,4,6H2,(H,17,19);4-6H,1-3H3;1H4/t12-,13-;9-,10-;;/m00../s1. The normalized spacial score (nSPS) is 18.5. The molecule has 0 radical (unpaired) electrons. The van der Waals surface area contributed by atoms with Gasteiger partial charge >= 0.3 is 12.2 Å². The molecule has 8 rings (SSSR count). The van der Waals surface area contributed by atoms with Gasteiger partial charge < -0.3 is 44.8 Å². The van der Waals surface area contributed by atoms with Crippen LogP contribution < -0.4 is 10.6 Å². The third kappa shape index (κ3) is 12.7. The molecule has 0 saturated carbocycles. The summed E-state index contributed by atoms with van der Waals surface area (Å²) in [5, 5.41) is 26.6. The van der Waals surface area contributed by atoms with E-state index in [4.69, 9.17) is 53.8 Å². The molecule has 18 nitrogen and oxygen atoms in total. The number of amides is 2. The Morgan fingerprint density at radius 1 is 0.712 bits per heavy atom. The Balaban J connectivity index is 0.000000189. The summed E-state index contributed by atoms with van der Waals surface area (Å²) < 4.78 is 24.5. The van der Waals surface area contributed by atoms with Gasteiger partial charge in [-0.25, -0.2) is 18.7 Å². The van der Waals surface area contributed by atoms with Crippen molar-refractivity contribution in [1.29, 1.82) is 0 Å². The highest BCUT2D eigenvalue weighted by atomic mass is 127. The number of carbonyl (C=O) groups is 4. The molecule has 0 spiro atoms. The highest BCUT2D eigenvalue weighted by molar-refractivity contribution is 14.1. The lowest BCUT2D eigenvalue weighted by Crippen LogP contribution is -2.48. The molecule has 0 aliphatic carbocycles. The smallest absolute Gasteiger partial charge is 0.419 e. The van der Waals surface area contributed by atoms with Crippen LogP contribution in [0.25, 0.3) is 33.1 Å². The molecule has 0 bridgehead atoms. The molecule has 2 aliphatic heterocycles. The molecule has 66 heavy (non-hydrogen) atoms. The van der Waals surface area contributed by atoms with E-state index in [2.05, 4.69) is 53.2 Å². The summed E-state index contributed by atoms with van der Waals surface area (Å²) in [5.74, 6) is -0.736. The zero-order valence-corrected chi connectivity index (χ0v) is 40.6. The van der Waals surface area contributed by atoms with Gasteiger partial charge in [-0.15, -0.1) is 0 Å². The first-order chi connectivity index (χ1) is 30.6. The van der Waals surface area contributed by atoms with Gasteiger partial charge in [0.05, 0.1) is 83.8 Å². The van der Waals surface area contributed by atoms with E-state index in [0.29, 0.717) is 69.2 Å². The number of ether oxygens (including phenoxy) is 4. The number of carbonyl (C=O) groups excluding carboxylic acids is 4. The van der Waals surface area contributed by atoms with Crippen LogP contribution in [-0.2, 0) is 18.9 Å². The van der Waals surface area contributed by atoms with Crippen molar-refractivity contribution in [3.63, 3.8) is 0 Å². The Morgan fingerprint density at radius 2 is 1.15 bits per heavy atom. The number of nitrogens with one attached hydrogen (secondary N) is 3. The van der Waals surface area contributed by atoms with E-state index in [0.717, 1.165) is 3.57 Å². The van der Waals surface area contributed by atoms with Crippen molar-refractivity contribution in [3.05, 3.63) is 85.1 Å². The fraction of sp³-hybridized carbons (Fsp3) is 0.432. The molecule has 8 heterocycles. The summed E-state index contributed by atoms with van der Waals surface area (Å²) in [6.07, 6.45) is 7.73. The number of fused-ring (bicyclic) bond motifs is 3. The predicted octanol–water partition coefficient (Wildman–Crippen LogP) is 8.16. The molecule has 0 unspecified atom stereocenters. The van der Waals surface area contributed by atoms with Crippen molar-refractivity contribution in [2.45, 2.75) is 97.3 Å². The average Bonchev–Trinajstić information content (AvgIpc) is 3.95. The summed E-state index contributed by atoms with van der Waals surface area (Å²) in [6.45, 7) is 12.1. The van der Waals surface area contributed by atoms with Crippen LogP contribution >= 0.6 is 57.4 Å². The second kappa shape index (κ2) is 22.0. The first kappa shape index (κ1) is 52.4. The highest BCUT2D eigenvalue weighted by Crippen LogP contribution is 2.30. The molecule has 6 aromatic heterocycles. The molecule has 6 aromatic rings. The molecule has 22 heteroatoms. The summed E-state index contributed by atoms with van der Waals surface area (Å²) in [6, 6.07) is 4.10. The van der Waals surface area contributed by atoms with Crippen molar-refractivity contribution in [1.82, 2.24) is 39.7 Å². The summed E-state index contributed by atoms with van der Waals surface area (Å²) in [7, 11) is 0. The monoisotopic (exact) mass is 1080 g/mol. The molecule has 356 valence electrons. The second-order valence-corrected chi connectivity index (χ2v) is 19.3. The average molecular weight is 1090 g/mol. The SMILES string of the molecule is C.CC(C)(C)OC(=O)n1cc(C(=O)N[C@H]2CCOC[C@@H]2O)c2nccc(Cl)c21.CC(C)(C)OC(=O)n1cc(I)c2nccc(Cl)c21.O=C(N[C@H]1CCOC[C@@H]1O)c1c[nH]c2c(Cl)ccnc12. The lowest BCUT2D eigenvalue weighted by atomic mass is 10.1. The Kier molecular flexibility index (Phi) is 17.5. The van der Waals surface area contributed by atoms with Gasteiger partial charge in [-0.3, -0.25) is 24.5 Å². The van der Waals surface area contributed by atoms with Gasteiger partial charge in [0.25, 0.3) is 11.8 Å². The number of hydrogen-bond donors (Lipinski definition) is 5. The number of halogens is 4. The minimum atomic E-state index is -0.793. The summed E-state index contributed by atoms with van der Waals surface area (Å²) >= 11 is 20.5. The molecule has 2 amide bonds. The van der Waals surface area contributed by atoms with E-state index >= 15 is 0 Å². The Bertz CT molecular complexity index is 2710. The van der Waals surface area contributed by atoms with Crippen molar-refractivity contribution in [2.24, 2.45) is 0 Å². The van der Waals surface area contributed by atoms with Crippen LogP contribution in [0.1, 0.15) is 82.5 Å². The van der Waals surface area contributed by atoms with Crippen LogP contribution in [-0.4, -0.2) is 125 Å². The maximum Gasteiger partial charge on any atom is 0.419 e. The van der Waals surface area contributed by atoms with Gasteiger partial charge in [0.15, 0.2) is 0 Å². The van der Waals surface area contributed by atoms with Crippen molar-refractivity contribution < 1.29 is 48.3 Å². The minimum Gasteiger partial charge on any atom is -0.443 e. The van der Waals surface area contributed by atoms with Crippen LogP contribution in [0, 0.1) is 3.57 Å². The first-order valence-corrected chi connectivity index (χ1v) is 22.5. The third-order valence-electron chi connectivity index (χ3n) is 9.69. The molecule has 0 aromatic carbocycles. The van der Waals surface area contributed by atoms with Gasteiger partial charge in [-0.2, -0.15) is 0 Å². The van der Waals surface area contributed by atoms with E-state index in [1.54, 1.807) is 57.7 Å². The summed E-state index contributed by atoms with van der Waals surface area (Å²) in [4.78, 5) is 65.3. The van der Waals surface area contributed by atoms with E-state index in [9.17, 15) is 29.4 Å². The topological polar surface area (TPSA) is 234 Å². The number of aliphatic hydroxyl groups is 2. The number of aliphatic hydroxyl groups excluding tert-OH is 2. The van der Waals surface area contributed by atoms with Crippen LogP contribution in [0.15, 0.2) is 55.4 Å². The van der Waals surface area contributed by atoms with Gasteiger partial charge in [0.1, 0.15) is 27.8 Å². The molecule has 2 fully saturated rings. The van der Waals surface area contributed by atoms with E-state index < -0.39 is 47.5 Å². The number of aromatic nitrogens is 6. The van der Waals surface area contributed by atoms with Crippen molar-refractivity contribution in [2.75, 3.05) is 26.4 Å². The van der Waals surface area contributed by atoms with Crippen LogP contribution in [0.3, 0.4) is 0 Å². The lowest BCUT2D eigenvalue weighted by Gasteiger charge is -2.28. The van der Waals surface area contributed by atoms with Crippen LogP contribution in [0.4, 0.5) is 9.59 Å². The van der Waals surface area contributed by atoms with E-state index in [1.807, 2.05) is 20.8 Å². The van der Waals surface area contributed by atoms with Crippen LogP contribution in [0.2, 0.25) is 15.1 Å². The number of H-pyrrole nitrogens is 1. The van der Waals surface area contributed by atoms with Crippen molar-refractivity contribution >= 4 is 114 Å². The minimum absolute atomic E-state index is 0. The second-order valence-electron chi connectivity index (χ2n) is 16.9. The van der Waals surface area contributed by atoms with Crippen LogP contribution in [0.5, 0.6) is 0 Å². The molecular formula is C44H52Cl3IN8O10. The maximum absolute atomic E-state index is 12.8. The largest absolute Gasteiger partial charge is 0.443 e. The van der Waals surface area contributed by atoms with Gasteiger partial charge in [-0.1, -0.05) is 42.2 Å². The zero-order chi connectivity index (χ0) is 47.4.